The molecule has 0 bridgehead atoms. The minimum absolute atomic E-state index is 0.0485. The molecule has 120 valence electrons. The van der Waals surface area contributed by atoms with Crippen LogP contribution in [-0.4, -0.2) is 42.0 Å². The van der Waals surface area contributed by atoms with Crippen LogP contribution in [0.25, 0.3) is 0 Å². The lowest BCUT2D eigenvalue weighted by Gasteiger charge is -2.24. The molecule has 2 N–H and O–H groups in total. The number of nitrogens with two attached hydrogens (primary N) is 1. The summed E-state index contributed by atoms with van der Waals surface area (Å²) in [6, 6.07) is 8.41. The number of ether oxygens (including phenoxy) is 1. The van der Waals surface area contributed by atoms with E-state index in [0.29, 0.717) is 25.1 Å². The van der Waals surface area contributed by atoms with Crippen LogP contribution in [0, 0.1) is 5.92 Å². The largest absolute Gasteiger partial charge is 0.457 e. The SMILES string of the molecule is CCC(C)C(N)C(=O)N1CCC(OC(=O)c2ccccc2)C1. The van der Waals surface area contributed by atoms with Gasteiger partial charge >= 0.3 is 5.97 Å². The third-order valence-corrected chi connectivity index (χ3v) is 4.28. The first kappa shape index (κ1) is 16.5. The van der Waals surface area contributed by atoms with Crippen LogP contribution in [0.1, 0.15) is 37.0 Å². The highest BCUT2D eigenvalue weighted by Crippen LogP contribution is 2.17. The van der Waals surface area contributed by atoms with E-state index in [1.165, 1.54) is 0 Å². The van der Waals surface area contributed by atoms with E-state index >= 15 is 0 Å². The van der Waals surface area contributed by atoms with E-state index in [9.17, 15) is 9.59 Å². The van der Waals surface area contributed by atoms with Gasteiger partial charge in [0.1, 0.15) is 6.10 Å². The van der Waals surface area contributed by atoms with Gasteiger partial charge in [0.25, 0.3) is 0 Å². The van der Waals surface area contributed by atoms with Gasteiger partial charge in [0.05, 0.1) is 18.2 Å². The fourth-order valence-electron chi connectivity index (χ4n) is 2.53. The zero-order chi connectivity index (χ0) is 16.1. The predicted molar refractivity (Wildman–Crippen MR) is 84.3 cm³/mol. The number of nitrogens with zero attached hydrogens (tertiary/aromatic N) is 1. The molecule has 5 heteroatoms. The number of benzene rings is 1. The average molecular weight is 304 g/mol. The molecule has 1 aromatic carbocycles. The number of rotatable bonds is 5. The van der Waals surface area contributed by atoms with Gasteiger partial charge in [0, 0.05) is 13.0 Å². The summed E-state index contributed by atoms with van der Waals surface area (Å²) >= 11 is 0. The second kappa shape index (κ2) is 7.40. The van der Waals surface area contributed by atoms with Crippen molar-refractivity contribution < 1.29 is 14.3 Å². The minimum atomic E-state index is -0.478. The van der Waals surface area contributed by atoms with Crippen LogP contribution in [0.3, 0.4) is 0 Å². The lowest BCUT2D eigenvalue weighted by Crippen LogP contribution is -2.46. The van der Waals surface area contributed by atoms with Crippen LogP contribution < -0.4 is 5.73 Å². The zero-order valence-electron chi connectivity index (χ0n) is 13.2. The molecule has 0 spiro atoms. The van der Waals surface area contributed by atoms with Gasteiger partial charge in [-0.2, -0.15) is 0 Å². The molecule has 1 heterocycles. The second-order valence-corrected chi connectivity index (χ2v) is 5.88. The summed E-state index contributed by atoms with van der Waals surface area (Å²) < 4.78 is 5.47. The highest BCUT2D eigenvalue weighted by molar-refractivity contribution is 5.89. The Morgan fingerprint density at radius 3 is 2.68 bits per heavy atom. The van der Waals surface area contributed by atoms with Gasteiger partial charge in [0.15, 0.2) is 0 Å². The van der Waals surface area contributed by atoms with Crippen molar-refractivity contribution in [3.8, 4) is 0 Å². The van der Waals surface area contributed by atoms with Crippen LogP contribution in [0.4, 0.5) is 0 Å². The topological polar surface area (TPSA) is 72.6 Å². The van der Waals surface area contributed by atoms with Crippen molar-refractivity contribution in [2.45, 2.75) is 38.8 Å². The van der Waals surface area contributed by atoms with Crippen molar-refractivity contribution in [1.29, 1.82) is 0 Å². The summed E-state index contributed by atoms with van der Waals surface area (Å²) in [5.41, 5.74) is 6.52. The van der Waals surface area contributed by atoms with Crippen LogP contribution in [-0.2, 0) is 9.53 Å². The molecule has 0 aromatic heterocycles. The second-order valence-electron chi connectivity index (χ2n) is 5.88. The van der Waals surface area contributed by atoms with Gasteiger partial charge in [-0.1, -0.05) is 38.5 Å². The smallest absolute Gasteiger partial charge is 0.338 e. The number of hydrogen-bond donors (Lipinski definition) is 1. The maximum Gasteiger partial charge on any atom is 0.338 e. The van der Waals surface area contributed by atoms with Crippen molar-refractivity contribution in [3.63, 3.8) is 0 Å². The molecule has 3 unspecified atom stereocenters. The molecule has 22 heavy (non-hydrogen) atoms. The third kappa shape index (κ3) is 3.85. The van der Waals surface area contributed by atoms with Gasteiger partial charge in [0.2, 0.25) is 5.91 Å². The Hall–Kier alpha value is -1.88. The standard InChI is InChI=1S/C17H24N2O3/c1-3-12(2)15(18)16(20)19-10-9-14(11-19)22-17(21)13-7-5-4-6-8-13/h4-8,12,14-15H,3,9-11,18H2,1-2H3. The number of likely N-dealkylation sites (tertiary alicyclic amines) is 1. The Morgan fingerprint density at radius 2 is 2.05 bits per heavy atom. The molecular weight excluding hydrogens is 280 g/mol. The Bertz CT molecular complexity index is 518. The molecule has 1 aromatic rings. The highest BCUT2D eigenvalue weighted by atomic mass is 16.5. The minimum Gasteiger partial charge on any atom is -0.457 e. The Labute approximate surface area is 131 Å². The molecule has 0 aliphatic carbocycles. The zero-order valence-corrected chi connectivity index (χ0v) is 13.2. The number of esters is 1. The normalized spacial score (nSPS) is 20.5. The van der Waals surface area contributed by atoms with Crippen LogP contribution >= 0.6 is 0 Å². The van der Waals surface area contributed by atoms with Crippen molar-refractivity contribution in [1.82, 2.24) is 4.90 Å². The lowest BCUT2D eigenvalue weighted by atomic mass is 9.99. The maximum absolute atomic E-state index is 12.3. The summed E-state index contributed by atoms with van der Waals surface area (Å²) in [5, 5.41) is 0. The van der Waals surface area contributed by atoms with E-state index in [1.807, 2.05) is 19.9 Å². The van der Waals surface area contributed by atoms with Gasteiger partial charge in [-0.3, -0.25) is 4.79 Å². The summed E-state index contributed by atoms with van der Waals surface area (Å²) in [4.78, 5) is 26.0. The van der Waals surface area contributed by atoms with Crippen LogP contribution in [0.2, 0.25) is 0 Å². The molecule has 1 fully saturated rings. The first-order valence-electron chi connectivity index (χ1n) is 7.83. The van der Waals surface area contributed by atoms with E-state index < -0.39 is 6.04 Å². The number of carbonyl (C=O) groups excluding carboxylic acids is 2. The molecule has 1 amide bonds. The Kier molecular flexibility index (Phi) is 5.55. The molecule has 1 saturated heterocycles. The Morgan fingerprint density at radius 1 is 1.36 bits per heavy atom. The fourth-order valence-corrected chi connectivity index (χ4v) is 2.53. The number of hydrogen-bond acceptors (Lipinski definition) is 4. The van der Waals surface area contributed by atoms with Gasteiger partial charge in [-0.05, 0) is 18.1 Å². The summed E-state index contributed by atoms with van der Waals surface area (Å²) in [6.45, 7) is 5.02. The molecule has 3 atom stereocenters. The molecule has 0 radical (unpaired) electrons. The maximum atomic E-state index is 12.3. The first-order chi connectivity index (χ1) is 10.5. The molecule has 1 aliphatic rings. The van der Waals surface area contributed by atoms with Crippen LogP contribution in [0.15, 0.2) is 30.3 Å². The summed E-state index contributed by atoms with van der Waals surface area (Å²) in [7, 11) is 0. The first-order valence-corrected chi connectivity index (χ1v) is 7.83. The number of amides is 1. The monoisotopic (exact) mass is 304 g/mol. The Balaban J connectivity index is 1.88. The number of carbonyl (C=O) groups is 2. The van der Waals surface area contributed by atoms with Gasteiger partial charge in [-0.25, -0.2) is 4.79 Å². The van der Waals surface area contributed by atoms with Crippen molar-refractivity contribution >= 4 is 11.9 Å². The van der Waals surface area contributed by atoms with E-state index in [0.717, 1.165) is 6.42 Å². The molecule has 0 saturated carbocycles. The van der Waals surface area contributed by atoms with E-state index in [-0.39, 0.29) is 23.9 Å². The third-order valence-electron chi connectivity index (χ3n) is 4.28. The molecule has 1 aliphatic heterocycles. The van der Waals surface area contributed by atoms with E-state index in [1.54, 1.807) is 29.2 Å². The van der Waals surface area contributed by atoms with Gasteiger partial charge < -0.3 is 15.4 Å². The van der Waals surface area contributed by atoms with Gasteiger partial charge in [-0.15, -0.1) is 0 Å². The summed E-state index contributed by atoms with van der Waals surface area (Å²) in [5.74, 6) is -0.239. The summed E-state index contributed by atoms with van der Waals surface area (Å²) in [6.07, 6.45) is 1.28. The average Bonchev–Trinajstić information content (AvgIpc) is 3.01. The van der Waals surface area contributed by atoms with Crippen LogP contribution in [0.5, 0.6) is 0 Å². The molecule has 2 rings (SSSR count). The van der Waals surface area contributed by atoms with E-state index in [4.69, 9.17) is 10.5 Å². The molecule has 5 nitrogen and oxygen atoms in total. The van der Waals surface area contributed by atoms with Crippen molar-refractivity contribution in [3.05, 3.63) is 35.9 Å². The fraction of sp³-hybridized carbons (Fsp3) is 0.529. The van der Waals surface area contributed by atoms with Crippen molar-refractivity contribution in [2.24, 2.45) is 11.7 Å². The molecular formula is C17H24N2O3. The highest BCUT2D eigenvalue weighted by Gasteiger charge is 2.32. The van der Waals surface area contributed by atoms with Crippen molar-refractivity contribution in [2.75, 3.05) is 13.1 Å². The van der Waals surface area contributed by atoms with E-state index in [2.05, 4.69) is 0 Å². The quantitative estimate of drug-likeness (QED) is 0.842. The lowest BCUT2D eigenvalue weighted by molar-refractivity contribution is -0.133. The predicted octanol–water partition coefficient (Wildman–Crippen LogP) is 1.82.